The van der Waals surface area contributed by atoms with Crippen LogP contribution >= 0.6 is 0 Å². The van der Waals surface area contributed by atoms with Crippen LogP contribution in [0, 0.1) is 5.92 Å². The Labute approximate surface area is 92.9 Å². The van der Waals surface area contributed by atoms with Gasteiger partial charge in [-0.15, -0.1) is 0 Å². The summed E-state index contributed by atoms with van der Waals surface area (Å²) >= 11 is 0. The van der Waals surface area contributed by atoms with E-state index in [-0.39, 0.29) is 0 Å². The van der Waals surface area contributed by atoms with Crippen molar-refractivity contribution in [2.75, 3.05) is 6.54 Å². The van der Waals surface area contributed by atoms with E-state index in [0.29, 0.717) is 6.04 Å². The van der Waals surface area contributed by atoms with Crippen molar-refractivity contribution in [3.05, 3.63) is 35.9 Å². The second kappa shape index (κ2) is 5.32. The average molecular weight is 203 g/mol. The molecule has 1 atom stereocenters. The molecule has 0 bridgehead atoms. The maximum Gasteiger partial charge on any atom is 0.0291 e. The van der Waals surface area contributed by atoms with Gasteiger partial charge < -0.3 is 5.32 Å². The summed E-state index contributed by atoms with van der Waals surface area (Å²) in [5.41, 5.74) is 1.39. The van der Waals surface area contributed by atoms with Gasteiger partial charge in [-0.3, -0.25) is 0 Å². The zero-order valence-electron chi connectivity index (χ0n) is 9.58. The first-order valence-corrected chi connectivity index (χ1v) is 6.14. The number of nitrogens with one attached hydrogen (secondary N) is 1. The zero-order valence-corrected chi connectivity index (χ0v) is 9.58. The van der Waals surface area contributed by atoms with Crippen molar-refractivity contribution in [3.8, 4) is 0 Å². The maximum absolute atomic E-state index is 3.58. The molecule has 1 heteroatoms. The third-order valence-electron chi connectivity index (χ3n) is 3.24. The van der Waals surface area contributed by atoms with Gasteiger partial charge in [0.25, 0.3) is 0 Å². The SMILES string of the molecule is CC(NCCCC1CC1)c1ccccc1. The van der Waals surface area contributed by atoms with E-state index in [4.69, 9.17) is 0 Å². The van der Waals surface area contributed by atoms with Crippen molar-refractivity contribution >= 4 is 0 Å². The van der Waals surface area contributed by atoms with Gasteiger partial charge in [0.1, 0.15) is 0 Å². The molecule has 1 aliphatic rings. The van der Waals surface area contributed by atoms with Crippen molar-refractivity contribution < 1.29 is 0 Å². The lowest BCUT2D eigenvalue weighted by atomic mass is 10.1. The van der Waals surface area contributed by atoms with Gasteiger partial charge >= 0.3 is 0 Å². The van der Waals surface area contributed by atoms with E-state index >= 15 is 0 Å². The summed E-state index contributed by atoms with van der Waals surface area (Å²) in [5.74, 6) is 1.07. The third kappa shape index (κ3) is 3.67. The molecule has 1 aromatic rings. The molecular weight excluding hydrogens is 182 g/mol. The minimum atomic E-state index is 0.491. The molecule has 0 amide bonds. The Kier molecular flexibility index (Phi) is 3.79. The van der Waals surface area contributed by atoms with Crippen molar-refractivity contribution in [2.45, 2.75) is 38.6 Å². The van der Waals surface area contributed by atoms with Crippen LogP contribution < -0.4 is 5.32 Å². The van der Waals surface area contributed by atoms with E-state index in [9.17, 15) is 0 Å². The molecule has 0 radical (unpaired) electrons. The molecule has 2 rings (SSSR count). The average Bonchev–Trinajstić information content (AvgIpc) is 3.09. The Morgan fingerprint density at radius 1 is 1.27 bits per heavy atom. The fraction of sp³-hybridized carbons (Fsp3) is 0.571. The highest BCUT2D eigenvalue weighted by Gasteiger charge is 2.19. The van der Waals surface area contributed by atoms with Crippen molar-refractivity contribution in [1.29, 1.82) is 0 Å². The molecule has 1 fully saturated rings. The van der Waals surface area contributed by atoms with Crippen LogP contribution in [0.3, 0.4) is 0 Å². The molecule has 0 aromatic heterocycles. The molecule has 0 heterocycles. The summed E-state index contributed by atoms with van der Waals surface area (Å²) in [6, 6.07) is 11.2. The lowest BCUT2D eigenvalue weighted by Crippen LogP contribution is -2.19. The lowest BCUT2D eigenvalue weighted by molar-refractivity contribution is 0.533. The van der Waals surface area contributed by atoms with Crippen LogP contribution in [0.25, 0.3) is 0 Å². The normalized spacial score (nSPS) is 17.7. The molecule has 0 aliphatic heterocycles. The van der Waals surface area contributed by atoms with Gasteiger partial charge in [-0.25, -0.2) is 0 Å². The number of benzene rings is 1. The van der Waals surface area contributed by atoms with E-state index < -0.39 is 0 Å². The summed E-state index contributed by atoms with van der Waals surface area (Å²) in [6.07, 6.45) is 5.72. The zero-order chi connectivity index (χ0) is 10.5. The van der Waals surface area contributed by atoms with E-state index in [2.05, 4.69) is 42.6 Å². The Bertz CT molecular complexity index is 277. The molecule has 0 spiro atoms. The second-order valence-corrected chi connectivity index (χ2v) is 4.67. The van der Waals surface area contributed by atoms with E-state index in [1.165, 1.54) is 31.2 Å². The molecule has 15 heavy (non-hydrogen) atoms. The number of rotatable bonds is 6. The van der Waals surface area contributed by atoms with Gasteiger partial charge in [0.2, 0.25) is 0 Å². The summed E-state index contributed by atoms with van der Waals surface area (Å²) in [4.78, 5) is 0. The first-order chi connectivity index (χ1) is 7.36. The van der Waals surface area contributed by atoms with E-state index in [1.54, 1.807) is 0 Å². The molecular formula is C14H21N. The van der Waals surface area contributed by atoms with Crippen LogP contribution in [-0.2, 0) is 0 Å². The van der Waals surface area contributed by atoms with Gasteiger partial charge in [-0.2, -0.15) is 0 Å². The minimum Gasteiger partial charge on any atom is -0.310 e. The van der Waals surface area contributed by atoms with Crippen LogP contribution in [0.15, 0.2) is 30.3 Å². The van der Waals surface area contributed by atoms with Gasteiger partial charge in [0, 0.05) is 6.04 Å². The first-order valence-electron chi connectivity index (χ1n) is 6.14. The second-order valence-electron chi connectivity index (χ2n) is 4.67. The summed E-state index contributed by atoms with van der Waals surface area (Å²) in [7, 11) is 0. The Morgan fingerprint density at radius 2 is 2.00 bits per heavy atom. The van der Waals surface area contributed by atoms with E-state index in [1.807, 2.05) is 0 Å². The molecule has 1 saturated carbocycles. The van der Waals surface area contributed by atoms with Crippen LogP contribution in [0.4, 0.5) is 0 Å². The smallest absolute Gasteiger partial charge is 0.0291 e. The summed E-state index contributed by atoms with van der Waals surface area (Å²) in [5, 5.41) is 3.58. The molecule has 1 aliphatic carbocycles. The topological polar surface area (TPSA) is 12.0 Å². The minimum absolute atomic E-state index is 0.491. The molecule has 1 unspecified atom stereocenters. The van der Waals surface area contributed by atoms with Crippen molar-refractivity contribution in [3.63, 3.8) is 0 Å². The quantitative estimate of drug-likeness (QED) is 0.697. The highest BCUT2D eigenvalue weighted by Crippen LogP contribution is 2.33. The predicted octanol–water partition coefficient (Wildman–Crippen LogP) is 3.53. The molecule has 1 aromatic carbocycles. The molecule has 1 nitrogen and oxygen atoms in total. The van der Waals surface area contributed by atoms with Crippen LogP contribution in [-0.4, -0.2) is 6.54 Å². The monoisotopic (exact) mass is 203 g/mol. The highest BCUT2D eigenvalue weighted by atomic mass is 14.9. The van der Waals surface area contributed by atoms with Gasteiger partial charge in [0.15, 0.2) is 0 Å². The molecule has 82 valence electrons. The van der Waals surface area contributed by atoms with Gasteiger partial charge in [-0.1, -0.05) is 43.2 Å². The highest BCUT2D eigenvalue weighted by molar-refractivity contribution is 5.17. The number of hydrogen-bond donors (Lipinski definition) is 1. The lowest BCUT2D eigenvalue weighted by Gasteiger charge is -2.13. The van der Waals surface area contributed by atoms with Gasteiger partial charge in [0.05, 0.1) is 0 Å². The van der Waals surface area contributed by atoms with E-state index in [0.717, 1.165) is 12.5 Å². The Balaban J connectivity index is 1.65. The fourth-order valence-electron chi connectivity index (χ4n) is 1.98. The van der Waals surface area contributed by atoms with Gasteiger partial charge in [-0.05, 0) is 37.8 Å². The van der Waals surface area contributed by atoms with Crippen molar-refractivity contribution in [1.82, 2.24) is 5.32 Å². The Hall–Kier alpha value is -0.820. The molecule has 0 saturated heterocycles. The fourth-order valence-corrected chi connectivity index (χ4v) is 1.98. The molecule has 1 N–H and O–H groups in total. The Morgan fingerprint density at radius 3 is 2.67 bits per heavy atom. The maximum atomic E-state index is 3.58. The van der Waals surface area contributed by atoms with Crippen LogP contribution in [0.1, 0.15) is 44.2 Å². The first kappa shape index (κ1) is 10.7. The summed E-state index contributed by atoms with van der Waals surface area (Å²) in [6.45, 7) is 3.40. The third-order valence-corrected chi connectivity index (χ3v) is 3.24. The van der Waals surface area contributed by atoms with Crippen molar-refractivity contribution in [2.24, 2.45) is 5.92 Å². The number of hydrogen-bond acceptors (Lipinski definition) is 1. The largest absolute Gasteiger partial charge is 0.310 e. The predicted molar refractivity (Wildman–Crippen MR) is 64.8 cm³/mol. The van der Waals surface area contributed by atoms with Crippen LogP contribution in [0.2, 0.25) is 0 Å². The summed E-state index contributed by atoms with van der Waals surface area (Å²) < 4.78 is 0. The standard InChI is InChI=1S/C14H21N/c1-12(14-7-3-2-4-8-14)15-11-5-6-13-9-10-13/h2-4,7-8,12-13,15H,5-6,9-11H2,1H3. The van der Waals surface area contributed by atoms with Crippen LogP contribution in [0.5, 0.6) is 0 Å².